The van der Waals surface area contributed by atoms with Crippen LogP contribution in [0.2, 0.25) is 0 Å². The van der Waals surface area contributed by atoms with Crippen molar-refractivity contribution in [3.05, 3.63) is 17.8 Å². The summed E-state index contributed by atoms with van der Waals surface area (Å²) in [6.07, 6.45) is 4.50. The predicted molar refractivity (Wildman–Crippen MR) is 64.8 cm³/mol. The highest BCUT2D eigenvalue weighted by molar-refractivity contribution is 7.87. The lowest BCUT2D eigenvalue weighted by molar-refractivity contribution is 0.327. The molecule has 1 aromatic heterocycles. The Kier molecular flexibility index (Phi) is 2.91. The van der Waals surface area contributed by atoms with Gasteiger partial charge in [0.1, 0.15) is 5.76 Å². The Morgan fingerprint density at radius 1 is 1.56 bits per heavy atom. The lowest BCUT2D eigenvalue weighted by Gasteiger charge is -2.25. The van der Waals surface area contributed by atoms with Gasteiger partial charge in [-0.3, -0.25) is 0 Å². The van der Waals surface area contributed by atoms with Crippen LogP contribution in [0.15, 0.2) is 10.8 Å². The monoisotopic (exact) mass is 271 g/mol. The topological polar surface area (TPSA) is 75.4 Å². The van der Waals surface area contributed by atoms with Crippen LogP contribution in [0.1, 0.15) is 30.7 Å². The molecule has 2 bridgehead atoms. The maximum Gasteiger partial charge on any atom is 0.280 e. The van der Waals surface area contributed by atoms with E-state index in [4.69, 9.17) is 4.42 Å². The normalized spacial score (nSPS) is 28.1. The fourth-order valence-electron chi connectivity index (χ4n) is 2.91. The van der Waals surface area contributed by atoms with Crippen LogP contribution < -0.4 is 4.72 Å². The van der Waals surface area contributed by atoms with Gasteiger partial charge >= 0.3 is 0 Å². The van der Waals surface area contributed by atoms with E-state index in [1.165, 1.54) is 6.39 Å². The van der Waals surface area contributed by atoms with E-state index in [2.05, 4.69) is 9.71 Å². The molecule has 2 unspecified atom stereocenters. The molecule has 1 aliphatic carbocycles. The Hall–Kier alpha value is -0.920. The highest BCUT2D eigenvalue weighted by Gasteiger charge is 2.43. The molecule has 2 heterocycles. The van der Waals surface area contributed by atoms with Crippen molar-refractivity contribution in [3.63, 3.8) is 0 Å². The van der Waals surface area contributed by atoms with Gasteiger partial charge < -0.3 is 4.42 Å². The number of hydrogen-bond donors (Lipinski definition) is 1. The van der Waals surface area contributed by atoms with E-state index in [1.807, 2.05) is 0 Å². The van der Waals surface area contributed by atoms with E-state index >= 15 is 0 Å². The van der Waals surface area contributed by atoms with Gasteiger partial charge in [-0.2, -0.15) is 17.4 Å². The number of aromatic nitrogens is 1. The van der Waals surface area contributed by atoms with Crippen molar-refractivity contribution >= 4 is 10.2 Å². The first kappa shape index (κ1) is 12.1. The molecule has 1 saturated heterocycles. The number of aryl methyl sites for hydroxylation is 1. The summed E-state index contributed by atoms with van der Waals surface area (Å²) in [4.78, 5) is 3.94. The van der Waals surface area contributed by atoms with Gasteiger partial charge in [0.15, 0.2) is 6.39 Å². The number of piperidine rings is 1. The minimum Gasteiger partial charge on any atom is -0.447 e. The van der Waals surface area contributed by atoms with Crippen LogP contribution in [0.3, 0.4) is 0 Å². The van der Waals surface area contributed by atoms with Crippen LogP contribution in [0, 0.1) is 12.8 Å². The zero-order chi connectivity index (χ0) is 12.8. The van der Waals surface area contributed by atoms with Crippen LogP contribution in [0.25, 0.3) is 0 Å². The van der Waals surface area contributed by atoms with Crippen LogP contribution >= 0.6 is 0 Å². The molecular formula is C11H17N3O3S. The molecule has 1 N–H and O–H groups in total. The number of fused-ring (bicyclic) bond motifs is 2. The zero-order valence-corrected chi connectivity index (χ0v) is 11.1. The second-order valence-corrected chi connectivity index (χ2v) is 6.80. The van der Waals surface area contributed by atoms with E-state index in [9.17, 15) is 8.42 Å². The molecule has 2 aliphatic rings. The minimum atomic E-state index is -3.39. The highest BCUT2D eigenvalue weighted by atomic mass is 32.2. The van der Waals surface area contributed by atoms with E-state index < -0.39 is 10.2 Å². The minimum absolute atomic E-state index is 0.169. The number of nitrogens with zero attached hydrogens (tertiary/aromatic N) is 2. The van der Waals surface area contributed by atoms with Gasteiger partial charge in [0.2, 0.25) is 0 Å². The summed E-state index contributed by atoms with van der Waals surface area (Å²) >= 11 is 0. The molecule has 6 nitrogen and oxygen atoms in total. The molecule has 0 amide bonds. The van der Waals surface area contributed by atoms with Crippen molar-refractivity contribution < 1.29 is 12.8 Å². The van der Waals surface area contributed by atoms with Gasteiger partial charge in [0.05, 0.1) is 12.2 Å². The third kappa shape index (κ3) is 2.06. The summed E-state index contributed by atoms with van der Waals surface area (Å²) < 4.78 is 33.7. The maximum atomic E-state index is 12.2. The number of oxazole rings is 1. The standard InChI is InChI=1S/C11H17N3O3S/c1-8-11(17-7-12-8)5-13-18(15,16)14-6-9-2-3-10(14)4-9/h7,9-10,13H,2-6H2,1H3. The lowest BCUT2D eigenvalue weighted by Crippen LogP contribution is -2.44. The van der Waals surface area contributed by atoms with Crippen molar-refractivity contribution in [2.45, 2.75) is 38.8 Å². The third-order valence-electron chi connectivity index (χ3n) is 3.93. The van der Waals surface area contributed by atoms with Crippen LogP contribution in [-0.4, -0.2) is 30.3 Å². The second-order valence-electron chi connectivity index (χ2n) is 5.09. The molecule has 0 spiro atoms. The summed E-state index contributed by atoms with van der Waals surface area (Å²) in [6.45, 7) is 2.63. The predicted octanol–water partition coefficient (Wildman–Crippen LogP) is 0.802. The molecule has 1 aromatic rings. The van der Waals surface area contributed by atoms with Crippen molar-refractivity contribution in [1.82, 2.24) is 14.0 Å². The Balaban J connectivity index is 1.67. The summed E-state index contributed by atoms with van der Waals surface area (Å²) in [7, 11) is -3.39. The van der Waals surface area contributed by atoms with Crippen LogP contribution in [-0.2, 0) is 16.8 Å². The van der Waals surface area contributed by atoms with Crippen LogP contribution in [0.5, 0.6) is 0 Å². The molecule has 18 heavy (non-hydrogen) atoms. The highest BCUT2D eigenvalue weighted by Crippen LogP contribution is 2.38. The van der Waals surface area contributed by atoms with Gasteiger partial charge in [-0.15, -0.1) is 0 Å². The van der Waals surface area contributed by atoms with E-state index in [-0.39, 0.29) is 12.6 Å². The zero-order valence-electron chi connectivity index (χ0n) is 10.3. The molecule has 7 heteroatoms. The Labute approximate surface area is 107 Å². The molecule has 100 valence electrons. The van der Waals surface area contributed by atoms with Gasteiger partial charge in [-0.05, 0) is 32.1 Å². The smallest absolute Gasteiger partial charge is 0.280 e. The first-order valence-corrected chi connectivity index (χ1v) is 7.65. The largest absolute Gasteiger partial charge is 0.447 e. The quantitative estimate of drug-likeness (QED) is 0.879. The molecule has 1 aliphatic heterocycles. The second kappa shape index (κ2) is 4.32. The molecule has 2 fully saturated rings. The van der Waals surface area contributed by atoms with Crippen molar-refractivity contribution in [2.75, 3.05) is 6.54 Å². The molecule has 1 saturated carbocycles. The fourth-order valence-corrected chi connectivity index (χ4v) is 4.38. The molecular weight excluding hydrogens is 254 g/mol. The molecule has 0 aromatic carbocycles. The van der Waals surface area contributed by atoms with Crippen molar-refractivity contribution in [3.8, 4) is 0 Å². The van der Waals surface area contributed by atoms with Gasteiger partial charge in [0.25, 0.3) is 10.2 Å². The number of rotatable bonds is 4. The SMILES string of the molecule is Cc1ncoc1CNS(=O)(=O)N1CC2CCC1C2. The lowest BCUT2D eigenvalue weighted by atomic mass is 10.1. The third-order valence-corrected chi connectivity index (χ3v) is 5.50. The summed E-state index contributed by atoms with van der Waals surface area (Å²) in [5, 5.41) is 0. The summed E-state index contributed by atoms with van der Waals surface area (Å²) in [6, 6.07) is 0.198. The van der Waals surface area contributed by atoms with E-state index in [0.717, 1.165) is 25.0 Å². The summed E-state index contributed by atoms with van der Waals surface area (Å²) in [5.41, 5.74) is 0.723. The average molecular weight is 271 g/mol. The Bertz CT molecular complexity index is 539. The van der Waals surface area contributed by atoms with Crippen molar-refractivity contribution in [1.29, 1.82) is 0 Å². The van der Waals surface area contributed by atoms with Crippen LogP contribution in [0.4, 0.5) is 0 Å². The summed E-state index contributed by atoms with van der Waals surface area (Å²) in [5.74, 6) is 1.13. The molecule has 3 rings (SSSR count). The Morgan fingerprint density at radius 3 is 2.94 bits per heavy atom. The number of nitrogens with one attached hydrogen (secondary N) is 1. The molecule has 0 radical (unpaired) electrons. The van der Waals surface area contributed by atoms with E-state index in [1.54, 1.807) is 11.2 Å². The van der Waals surface area contributed by atoms with Crippen molar-refractivity contribution in [2.24, 2.45) is 5.92 Å². The molecule has 2 atom stereocenters. The van der Waals surface area contributed by atoms with Gasteiger partial charge in [-0.1, -0.05) is 0 Å². The first-order valence-electron chi connectivity index (χ1n) is 6.21. The van der Waals surface area contributed by atoms with Gasteiger partial charge in [-0.25, -0.2) is 4.98 Å². The maximum absolute atomic E-state index is 12.2. The average Bonchev–Trinajstić information content (AvgIpc) is 3.02. The fraction of sp³-hybridized carbons (Fsp3) is 0.727. The number of hydrogen-bond acceptors (Lipinski definition) is 4. The van der Waals surface area contributed by atoms with Gasteiger partial charge in [0, 0.05) is 12.6 Å². The first-order chi connectivity index (χ1) is 8.56. The van der Waals surface area contributed by atoms with E-state index in [0.29, 0.717) is 18.2 Å². The Morgan fingerprint density at radius 2 is 2.39 bits per heavy atom.